The van der Waals surface area contributed by atoms with Gasteiger partial charge in [0, 0.05) is 22.0 Å². The van der Waals surface area contributed by atoms with Gasteiger partial charge in [-0.05, 0) is 36.8 Å². The van der Waals surface area contributed by atoms with E-state index in [0.717, 1.165) is 21.3 Å². The molecule has 1 aliphatic rings. The molecule has 7 heteroatoms. The molecular weight excluding hydrogens is 424 g/mol. The molecule has 1 N–H and O–H groups in total. The smallest absolute Gasteiger partial charge is 0.258 e. The van der Waals surface area contributed by atoms with Crippen LogP contribution in [0.2, 0.25) is 0 Å². The Morgan fingerprint density at radius 1 is 1.15 bits per heavy atom. The van der Waals surface area contributed by atoms with Gasteiger partial charge in [0.1, 0.15) is 0 Å². The van der Waals surface area contributed by atoms with Gasteiger partial charge in [-0.15, -0.1) is 0 Å². The molecule has 0 aliphatic carbocycles. The van der Waals surface area contributed by atoms with Crippen molar-refractivity contribution in [3.63, 3.8) is 0 Å². The zero-order valence-corrected chi connectivity index (χ0v) is 17.0. The molecule has 2 heterocycles. The number of nitrogens with one attached hydrogen (secondary N) is 1. The monoisotopic (exact) mass is 440 g/mol. The topological polar surface area (TPSA) is 59.3 Å². The minimum atomic E-state index is -0.892. The number of carbonyl (C=O) groups is 1. The number of hydrogen-bond donors (Lipinski definition) is 1. The van der Waals surface area contributed by atoms with Crippen LogP contribution in [-0.2, 0) is 16.1 Å². The maximum Gasteiger partial charge on any atom is 0.258 e. The third-order valence-electron chi connectivity index (χ3n) is 4.43. The summed E-state index contributed by atoms with van der Waals surface area (Å²) in [5.74, 6) is 0.579. The van der Waals surface area contributed by atoms with Crippen molar-refractivity contribution < 1.29 is 4.79 Å². The first kappa shape index (κ1) is 18.0. The fourth-order valence-corrected chi connectivity index (χ4v) is 3.98. The fourth-order valence-electron chi connectivity index (χ4n) is 2.85. The first-order chi connectivity index (χ1) is 13.0. The van der Waals surface area contributed by atoms with Crippen LogP contribution >= 0.6 is 27.7 Å². The van der Waals surface area contributed by atoms with Crippen molar-refractivity contribution in [1.82, 2.24) is 15.1 Å². The molecule has 1 unspecified atom stereocenters. The summed E-state index contributed by atoms with van der Waals surface area (Å²) >= 11 is 4.92. The van der Waals surface area contributed by atoms with Gasteiger partial charge in [-0.3, -0.25) is 4.79 Å². The van der Waals surface area contributed by atoms with Gasteiger partial charge in [-0.25, -0.2) is 9.67 Å². The number of rotatable bonds is 4. The molecule has 3 aromatic rings. The average molecular weight is 441 g/mol. The summed E-state index contributed by atoms with van der Waals surface area (Å²) in [6.45, 7) is 1.84. The Hall–Kier alpha value is -2.38. The number of halogens is 1. The lowest BCUT2D eigenvalue weighted by Crippen LogP contribution is -2.34. The van der Waals surface area contributed by atoms with Gasteiger partial charge in [-0.1, -0.05) is 58.0 Å². The molecular formula is C20H17BrN4OS. The van der Waals surface area contributed by atoms with Crippen molar-refractivity contribution >= 4 is 38.8 Å². The predicted octanol–water partition coefficient (Wildman–Crippen LogP) is 4.27. The molecule has 2 aromatic carbocycles. The van der Waals surface area contributed by atoms with Crippen LogP contribution in [0, 0.1) is 0 Å². The highest BCUT2D eigenvalue weighted by atomic mass is 79.9. The van der Waals surface area contributed by atoms with E-state index in [4.69, 9.17) is 0 Å². The largest absolute Gasteiger partial charge is 0.303 e. The van der Waals surface area contributed by atoms with Crippen LogP contribution in [0.15, 0.2) is 76.5 Å². The maximum absolute atomic E-state index is 12.5. The van der Waals surface area contributed by atoms with Crippen LogP contribution < -0.4 is 5.32 Å². The number of hydrogen-bond acceptors (Lipinski definition) is 4. The molecule has 0 radical (unpaired) electrons. The van der Waals surface area contributed by atoms with Crippen LogP contribution in [-0.4, -0.2) is 20.9 Å². The maximum atomic E-state index is 12.5. The molecule has 27 heavy (non-hydrogen) atoms. The zero-order valence-electron chi connectivity index (χ0n) is 14.6. The number of aliphatic imine (C=N–C) groups is 1. The number of carbonyl (C=O) groups excluding carboxylic acids is 1. The van der Waals surface area contributed by atoms with Crippen molar-refractivity contribution in [3.05, 3.63) is 82.6 Å². The molecule has 0 saturated heterocycles. The minimum absolute atomic E-state index is 0.104. The molecule has 1 aromatic heterocycles. The molecule has 136 valence electrons. The summed E-state index contributed by atoms with van der Waals surface area (Å²) in [5, 5.41) is 7.94. The Kier molecular flexibility index (Phi) is 4.88. The molecule has 0 bridgehead atoms. The van der Waals surface area contributed by atoms with Gasteiger partial charge in [0.25, 0.3) is 5.91 Å². The standard InChI is InChI=1S/C20H17BrN4OS/c1-20(15-7-9-16(21)10-8-15)18(26)23-19(24-20)27-13-14-11-22-25(12-14)17-5-3-2-4-6-17/h2-12H,13H2,1H3,(H,23,24,26). The van der Waals surface area contributed by atoms with E-state index >= 15 is 0 Å². The van der Waals surface area contributed by atoms with Crippen molar-refractivity contribution in [2.75, 3.05) is 0 Å². The van der Waals surface area contributed by atoms with Crippen LogP contribution in [0.5, 0.6) is 0 Å². The van der Waals surface area contributed by atoms with E-state index < -0.39 is 5.54 Å². The van der Waals surface area contributed by atoms with E-state index in [1.807, 2.05) is 78.6 Å². The molecule has 1 aliphatic heterocycles. The molecule has 0 spiro atoms. The number of amides is 1. The first-order valence-corrected chi connectivity index (χ1v) is 10.2. The summed E-state index contributed by atoms with van der Waals surface area (Å²) in [6.07, 6.45) is 3.83. The highest BCUT2D eigenvalue weighted by molar-refractivity contribution is 9.10. The third-order valence-corrected chi connectivity index (χ3v) is 5.90. The SMILES string of the molecule is CC1(c2ccc(Br)cc2)N=C(SCc2cnn(-c3ccccc3)c2)NC1=O. The van der Waals surface area contributed by atoms with Crippen molar-refractivity contribution in [1.29, 1.82) is 0 Å². The van der Waals surface area contributed by atoms with Crippen molar-refractivity contribution in [3.8, 4) is 5.69 Å². The lowest BCUT2D eigenvalue weighted by molar-refractivity contribution is -0.123. The number of amidine groups is 1. The quantitative estimate of drug-likeness (QED) is 0.658. The molecule has 1 atom stereocenters. The second-order valence-corrected chi connectivity index (χ2v) is 8.25. The number of para-hydroxylation sites is 1. The summed E-state index contributed by atoms with van der Waals surface area (Å²) in [7, 11) is 0. The first-order valence-electron chi connectivity index (χ1n) is 8.44. The van der Waals surface area contributed by atoms with E-state index in [-0.39, 0.29) is 5.91 Å². The molecule has 0 saturated carbocycles. The molecule has 5 nitrogen and oxygen atoms in total. The number of benzene rings is 2. The van der Waals surface area contributed by atoms with Gasteiger partial charge in [-0.2, -0.15) is 5.10 Å². The minimum Gasteiger partial charge on any atom is -0.303 e. The lowest BCUT2D eigenvalue weighted by atomic mass is 9.93. The van der Waals surface area contributed by atoms with Gasteiger partial charge >= 0.3 is 0 Å². The average Bonchev–Trinajstić information content (AvgIpc) is 3.27. The zero-order chi connectivity index (χ0) is 18.9. The summed E-state index contributed by atoms with van der Waals surface area (Å²) in [6, 6.07) is 17.7. The second kappa shape index (κ2) is 7.32. The Morgan fingerprint density at radius 3 is 2.63 bits per heavy atom. The van der Waals surface area contributed by atoms with Crippen molar-refractivity contribution in [2.24, 2.45) is 4.99 Å². The number of nitrogens with zero attached hydrogens (tertiary/aromatic N) is 3. The van der Waals surface area contributed by atoms with Crippen LogP contribution in [0.25, 0.3) is 5.69 Å². The van der Waals surface area contributed by atoms with Gasteiger partial charge < -0.3 is 5.32 Å². The second-order valence-electron chi connectivity index (χ2n) is 6.37. The van der Waals surface area contributed by atoms with E-state index in [2.05, 4.69) is 31.3 Å². The Bertz CT molecular complexity index is 1000. The fraction of sp³-hybridized carbons (Fsp3) is 0.150. The van der Waals surface area contributed by atoms with E-state index in [1.54, 1.807) is 0 Å². The number of aromatic nitrogens is 2. The van der Waals surface area contributed by atoms with Gasteiger partial charge in [0.2, 0.25) is 0 Å². The number of thioether (sulfide) groups is 1. The molecule has 0 fully saturated rings. The summed E-state index contributed by atoms with van der Waals surface area (Å²) in [4.78, 5) is 17.2. The Balaban J connectivity index is 1.47. The third kappa shape index (κ3) is 3.70. The van der Waals surface area contributed by atoms with E-state index in [9.17, 15) is 4.79 Å². The molecule has 4 rings (SSSR count). The highest BCUT2D eigenvalue weighted by Crippen LogP contribution is 2.32. The normalized spacial score (nSPS) is 19.0. The Morgan fingerprint density at radius 2 is 1.89 bits per heavy atom. The van der Waals surface area contributed by atoms with Crippen LogP contribution in [0.1, 0.15) is 18.1 Å². The van der Waals surface area contributed by atoms with Crippen LogP contribution in [0.4, 0.5) is 0 Å². The lowest BCUT2D eigenvalue weighted by Gasteiger charge is -2.17. The summed E-state index contributed by atoms with van der Waals surface area (Å²) < 4.78 is 2.82. The van der Waals surface area contributed by atoms with Crippen molar-refractivity contribution in [2.45, 2.75) is 18.2 Å². The van der Waals surface area contributed by atoms with E-state index in [1.165, 1.54) is 11.8 Å². The molecule has 1 amide bonds. The van der Waals surface area contributed by atoms with Gasteiger partial charge in [0.15, 0.2) is 10.7 Å². The van der Waals surface area contributed by atoms with Gasteiger partial charge in [0.05, 0.1) is 11.9 Å². The highest BCUT2D eigenvalue weighted by Gasteiger charge is 2.40. The Labute approximate surface area is 170 Å². The predicted molar refractivity (Wildman–Crippen MR) is 112 cm³/mol. The summed E-state index contributed by atoms with van der Waals surface area (Å²) in [5.41, 5.74) is 2.06. The van der Waals surface area contributed by atoms with E-state index in [0.29, 0.717) is 10.9 Å². The van der Waals surface area contributed by atoms with Crippen LogP contribution in [0.3, 0.4) is 0 Å².